The van der Waals surface area contributed by atoms with Crippen LogP contribution in [0.4, 0.5) is 0 Å². The lowest BCUT2D eigenvalue weighted by Gasteiger charge is -2.20. The van der Waals surface area contributed by atoms with Gasteiger partial charge in [0, 0.05) is 11.8 Å². The molecule has 0 aliphatic carbocycles. The van der Waals surface area contributed by atoms with E-state index in [4.69, 9.17) is 26.8 Å². The summed E-state index contributed by atoms with van der Waals surface area (Å²) < 4.78 is 12.8. The fraction of sp³-hybridized carbons (Fsp3) is 0.158. The summed E-state index contributed by atoms with van der Waals surface area (Å²) in [6.07, 6.45) is 1.65. The van der Waals surface area contributed by atoms with Crippen LogP contribution in [0.5, 0.6) is 11.5 Å². The molecule has 1 aromatic heterocycles. The first kappa shape index (κ1) is 16.5. The highest BCUT2D eigenvalue weighted by atomic mass is 35.5. The van der Waals surface area contributed by atoms with Gasteiger partial charge in [-0.25, -0.2) is 0 Å². The number of nitrogens with zero attached hydrogens (tertiary/aromatic N) is 2. The standard InChI is InChI=1S/C19H16ClN3O3/c20-15-8-12(9-16-18(15)26-7-6-25-16)10-23-11-14(19(21)24)17(22-23)13-4-2-1-3-5-13/h1-5,8-9,11H,6-7,10H2,(H2,21,24). The van der Waals surface area contributed by atoms with Crippen LogP contribution in [0.2, 0.25) is 5.02 Å². The highest BCUT2D eigenvalue weighted by molar-refractivity contribution is 6.32. The van der Waals surface area contributed by atoms with Crippen molar-refractivity contribution < 1.29 is 14.3 Å². The minimum absolute atomic E-state index is 0.375. The zero-order valence-corrected chi connectivity index (χ0v) is 14.6. The smallest absolute Gasteiger partial charge is 0.252 e. The topological polar surface area (TPSA) is 79.4 Å². The predicted octanol–water partition coefficient (Wildman–Crippen LogP) is 3.12. The first-order valence-electron chi connectivity index (χ1n) is 8.12. The summed E-state index contributed by atoms with van der Waals surface area (Å²) in [5.74, 6) is 0.657. The average molecular weight is 370 g/mol. The molecule has 2 aromatic carbocycles. The monoisotopic (exact) mass is 369 g/mol. The molecule has 132 valence electrons. The van der Waals surface area contributed by atoms with E-state index < -0.39 is 5.91 Å². The molecule has 3 aromatic rings. The summed E-state index contributed by atoms with van der Waals surface area (Å²) in [6.45, 7) is 1.38. The zero-order chi connectivity index (χ0) is 18.1. The lowest BCUT2D eigenvalue weighted by atomic mass is 10.1. The number of aromatic nitrogens is 2. The number of benzene rings is 2. The van der Waals surface area contributed by atoms with Gasteiger partial charge in [-0.2, -0.15) is 5.10 Å². The van der Waals surface area contributed by atoms with Crippen molar-refractivity contribution in [2.24, 2.45) is 5.73 Å². The number of carbonyl (C=O) groups excluding carboxylic acids is 1. The molecular weight excluding hydrogens is 354 g/mol. The molecule has 0 atom stereocenters. The Balaban J connectivity index is 1.69. The molecule has 1 amide bonds. The summed E-state index contributed by atoms with van der Waals surface area (Å²) in [6, 6.07) is 13.1. The second-order valence-corrected chi connectivity index (χ2v) is 6.33. The van der Waals surface area contributed by atoms with Crippen molar-refractivity contribution in [3.05, 3.63) is 64.8 Å². The van der Waals surface area contributed by atoms with Crippen LogP contribution in [0.25, 0.3) is 11.3 Å². The minimum atomic E-state index is -0.518. The van der Waals surface area contributed by atoms with Gasteiger partial charge in [0.15, 0.2) is 11.5 Å². The lowest BCUT2D eigenvalue weighted by Crippen LogP contribution is -2.16. The fourth-order valence-electron chi connectivity index (χ4n) is 2.93. The summed E-state index contributed by atoms with van der Waals surface area (Å²) in [4.78, 5) is 11.8. The maximum Gasteiger partial charge on any atom is 0.252 e. The molecule has 7 heteroatoms. The molecule has 0 unspecified atom stereocenters. The molecule has 0 fully saturated rings. The van der Waals surface area contributed by atoms with Crippen LogP contribution in [0.1, 0.15) is 15.9 Å². The van der Waals surface area contributed by atoms with Crippen molar-refractivity contribution in [1.82, 2.24) is 9.78 Å². The van der Waals surface area contributed by atoms with Crippen LogP contribution in [0, 0.1) is 0 Å². The number of hydrogen-bond donors (Lipinski definition) is 1. The van der Waals surface area contributed by atoms with E-state index in [-0.39, 0.29) is 0 Å². The van der Waals surface area contributed by atoms with Crippen molar-refractivity contribution in [1.29, 1.82) is 0 Å². The van der Waals surface area contributed by atoms with Crippen molar-refractivity contribution in [3.63, 3.8) is 0 Å². The Bertz CT molecular complexity index is 970. The molecule has 0 saturated carbocycles. The first-order valence-corrected chi connectivity index (χ1v) is 8.50. The molecule has 0 spiro atoms. The number of fused-ring (bicyclic) bond motifs is 1. The Kier molecular flexibility index (Phi) is 4.26. The molecule has 0 saturated heterocycles. The summed E-state index contributed by atoms with van der Waals surface area (Å²) in [5, 5.41) is 5.03. The van der Waals surface area contributed by atoms with Crippen LogP contribution < -0.4 is 15.2 Å². The molecule has 0 radical (unpaired) electrons. The second-order valence-electron chi connectivity index (χ2n) is 5.92. The van der Waals surface area contributed by atoms with E-state index in [2.05, 4.69) is 5.10 Å². The van der Waals surface area contributed by atoms with Gasteiger partial charge in [0.1, 0.15) is 18.9 Å². The normalized spacial score (nSPS) is 12.8. The quantitative estimate of drug-likeness (QED) is 0.766. The van der Waals surface area contributed by atoms with Crippen LogP contribution in [-0.2, 0) is 6.54 Å². The third-order valence-electron chi connectivity index (χ3n) is 4.08. The van der Waals surface area contributed by atoms with Crippen molar-refractivity contribution >= 4 is 17.5 Å². The van der Waals surface area contributed by atoms with E-state index in [1.54, 1.807) is 10.9 Å². The number of rotatable bonds is 4. The molecule has 2 N–H and O–H groups in total. The number of ether oxygens (including phenoxy) is 2. The van der Waals surface area contributed by atoms with Gasteiger partial charge >= 0.3 is 0 Å². The van der Waals surface area contributed by atoms with E-state index in [1.165, 1.54) is 0 Å². The largest absolute Gasteiger partial charge is 0.486 e. The molecule has 0 bridgehead atoms. The predicted molar refractivity (Wildman–Crippen MR) is 97.7 cm³/mol. The Morgan fingerprint density at radius 1 is 1.19 bits per heavy atom. The number of primary amides is 1. The van der Waals surface area contributed by atoms with Gasteiger partial charge in [-0.1, -0.05) is 41.9 Å². The summed E-state index contributed by atoms with van der Waals surface area (Å²) >= 11 is 6.29. The zero-order valence-electron chi connectivity index (χ0n) is 13.8. The molecule has 1 aliphatic heterocycles. The number of amides is 1. The molecule has 6 nitrogen and oxygen atoms in total. The third-order valence-corrected chi connectivity index (χ3v) is 4.36. The van der Waals surface area contributed by atoms with Gasteiger partial charge < -0.3 is 15.2 Å². The van der Waals surface area contributed by atoms with Crippen LogP contribution in [0.15, 0.2) is 48.7 Å². The molecule has 1 aliphatic rings. The van der Waals surface area contributed by atoms with E-state index in [0.717, 1.165) is 11.1 Å². The van der Waals surface area contributed by atoms with Crippen LogP contribution >= 0.6 is 11.6 Å². The number of nitrogens with two attached hydrogens (primary N) is 1. The Morgan fingerprint density at radius 3 is 2.73 bits per heavy atom. The molecular formula is C19H16ClN3O3. The van der Waals surface area contributed by atoms with E-state index in [9.17, 15) is 4.79 Å². The molecule has 2 heterocycles. The van der Waals surface area contributed by atoms with Crippen molar-refractivity contribution in [2.75, 3.05) is 13.2 Å². The lowest BCUT2D eigenvalue weighted by molar-refractivity contribution is 0.100. The van der Waals surface area contributed by atoms with Gasteiger partial charge in [0.25, 0.3) is 5.91 Å². The summed E-state index contributed by atoms with van der Waals surface area (Å²) in [7, 11) is 0. The van der Waals surface area contributed by atoms with Gasteiger partial charge in [0.2, 0.25) is 0 Å². The van der Waals surface area contributed by atoms with E-state index in [0.29, 0.717) is 47.5 Å². The van der Waals surface area contributed by atoms with Crippen molar-refractivity contribution in [3.8, 4) is 22.8 Å². The van der Waals surface area contributed by atoms with Crippen LogP contribution in [0.3, 0.4) is 0 Å². The maximum atomic E-state index is 11.8. The Hall–Kier alpha value is -2.99. The number of halogens is 1. The highest BCUT2D eigenvalue weighted by Gasteiger charge is 2.19. The number of carbonyl (C=O) groups is 1. The van der Waals surface area contributed by atoms with E-state index >= 15 is 0 Å². The summed E-state index contributed by atoms with van der Waals surface area (Å²) in [5.41, 5.74) is 8.18. The first-order chi connectivity index (χ1) is 12.6. The van der Waals surface area contributed by atoms with Gasteiger partial charge in [-0.05, 0) is 17.7 Å². The second kappa shape index (κ2) is 6.72. The molecule has 4 rings (SSSR count). The SMILES string of the molecule is NC(=O)c1cn(Cc2cc(Cl)c3c(c2)OCCO3)nc1-c1ccccc1. The van der Waals surface area contributed by atoms with Gasteiger partial charge in [-0.15, -0.1) is 0 Å². The van der Waals surface area contributed by atoms with E-state index in [1.807, 2.05) is 42.5 Å². The molecule has 26 heavy (non-hydrogen) atoms. The third kappa shape index (κ3) is 3.11. The maximum absolute atomic E-state index is 11.8. The van der Waals surface area contributed by atoms with Gasteiger partial charge in [0.05, 0.1) is 17.1 Å². The average Bonchev–Trinajstić information content (AvgIpc) is 3.07. The van der Waals surface area contributed by atoms with Crippen molar-refractivity contribution in [2.45, 2.75) is 6.54 Å². The van der Waals surface area contributed by atoms with Gasteiger partial charge in [-0.3, -0.25) is 9.48 Å². The number of hydrogen-bond acceptors (Lipinski definition) is 4. The Morgan fingerprint density at radius 2 is 1.96 bits per heavy atom. The fourth-order valence-corrected chi connectivity index (χ4v) is 3.22. The Labute approximate surface area is 155 Å². The highest BCUT2D eigenvalue weighted by Crippen LogP contribution is 2.38. The minimum Gasteiger partial charge on any atom is -0.486 e. The van der Waals surface area contributed by atoms with Crippen LogP contribution in [-0.4, -0.2) is 28.9 Å².